The lowest BCUT2D eigenvalue weighted by Gasteiger charge is -2.33. The van der Waals surface area contributed by atoms with Gasteiger partial charge in [0.15, 0.2) is 11.0 Å². The van der Waals surface area contributed by atoms with Crippen LogP contribution < -0.4 is 0 Å². The van der Waals surface area contributed by atoms with Crippen LogP contribution in [0.4, 0.5) is 0 Å². The third-order valence-corrected chi connectivity index (χ3v) is 6.74. The number of amides is 1. The van der Waals surface area contributed by atoms with E-state index in [-0.39, 0.29) is 11.7 Å². The van der Waals surface area contributed by atoms with Crippen molar-refractivity contribution in [3.8, 4) is 17.1 Å². The Morgan fingerprint density at radius 3 is 2.74 bits per heavy atom. The number of likely N-dealkylation sites (tertiary alicyclic amines) is 1. The number of phenols is 1. The molecule has 0 spiro atoms. The molecular weight excluding hydrogens is 412 g/mol. The number of thioether (sulfide) groups is 1. The Bertz CT molecular complexity index is 1070. The van der Waals surface area contributed by atoms with E-state index in [4.69, 9.17) is 4.74 Å². The number of aromatic hydroxyl groups is 1. The first-order valence-corrected chi connectivity index (χ1v) is 11.6. The molecule has 7 nitrogen and oxygen atoms in total. The van der Waals surface area contributed by atoms with Crippen LogP contribution >= 0.6 is 11.8 Å². The molecule has 0 aliphatic carbocycles. The van der Waals surface area contributed by atoms with Crippen LogP contribution in [0.5, 0.6) is 5.75 Å². The summed E-state index contributed by atoms with van der Waals surface area (Å²) >= 11 is 1.39. The van der Waals surface area contributed by atoms with E-state index in [0.717, 1.165) is 30.2 Å². The summed E-state index contributed by atoms with van der Waals surface area (Å²) in [6, 6.07) is 11.8. The molecule has 31 heavy (non-hydrogen) atoms. The number of nitrogens with zero attached hydrogens (tertiary/aromatic N) is 4. The van der Waals surface area contributed by atoms with Gasteiger partial charge >= 0.3 is 0 Å². The smallest absolute Gasteiger partial charge is 0.233 e. The van der Waals surface area contributed by atoms with E-state index in [2.05, 4.69) is 17.1 Å². The molecule has 1 N–H and O–H groups in total. The fourth-order valence-corrected chi connectivity index (χ4v) is 4.91. The van der Waals surface area contributed by atoms with Crippen LogP contribution in [0, 0.1) is 0 Å². The first kappa shape index (κ1) is 21.6. The fourth-order valence-electron chi connectivity index (χ4n) is 4.06. The Morgan fingerprint density at radius 2 is 2.00 bits per heavy atom. The van der Waals surface area contributed by atoms with E-state index >= 15 is 0 Å². The van der Waals surface area contributed by atoms with Gasteiger partial charge in [0.2, 0.25) is 5.91 Å². The fraction of sp³-hybridized carbons (Fsp3) is 0.435. The zero-order valence-corrected chi connectivity index (χ0v) is 18.8. The number of rotatable bonds is 7. The lowest BCUT2D eigenvalue weighted by Crippen LogP contribution is -2.43. The number of carbonyl (C=O) groups excluding carboxylic acids is 1. The third kappa shape index (κ3) is 4.70. The van der Waals surface area contributed by atoms with E-state index in [1.807, 2.05) is 39.8 Å². The first-order valence-electron chi connectivity index (χ1n) is 10.6. The number of fused-ring (bicyclic) bond motifs is 1. The molecule has 4 rings (SSSR count). The molecule has 2 aromatic carbocycles. The van der Waals surface area contributed by atoms with Crippen LogP contribution in [-0.2, 0) is 16.1 Å². The van der Waals surface area contributed by atoms with Crippen molar-refractivity contribution >= 4 is 28.4 Å². The van der Waals surface area contributed by atoms with Gasteiger partial charge in [0, 0.05) is 19.7 Å². The molecule has 1 atom stereocenters. The topological polar surface area (TPSA) is 80.5 Å². The predicted molar refractivity (Wildman–Crippen MR) is 122 cm³/mol. The standard InChI is InChI=1S/C23H28N4O3S/c1-16-7-5-6-10-26(16)21(29)15-31-23-25-24-22(27(23)11-12-30-2)19-13-17-8-3-4-9-18(17)14-20(19)28/h3-4,8-9,13-14,16,28H,5-7,10-12,15H2,1-2H3. The molecule has 1 aliphatic rings. The van der Waals surface area contributed by atoms with Gasteiger partial charge in [-0.25, -0.2) is 0 Å². The molecule has 1 aromatic heterocycles. The van der Waals surface area contributed by atoms with Crippen molar-refractivity contribution in [2.24, 2.45) is 0 Å². The van der Waals surface area contributed by atoms with Crippen molar-refractivity contribution in [3.63, 3.8) is 0 Å². The van der Waals surface area contributed by atoms with Crippen LogP contribution in [0.15, 0.2) is 41.6 Å². The molecule has 1 unspecified atom stereocenters. The second-order valence-electron chi connectivity index (χ2n) is 7.89. The average Bonchev–Trinajstić information content (AvgIpc) is 3.18. The van der Waals surface area contributed by atoms with Gasteiger partial charge in [-0.3, -0.25) is 9.36 Å². The Kier molecular flexibility index (Phi) is 6.77. The maximum Gasteiger partial charge on any atom is 0.233 e. The van der Waals surface area contributed by atoms with Crippen molar-refractivity contribution in [1.29, 1.82) is 0 Å². The summed E-state index contributed by atoms with van der Waals surface area (Å²) in [5, 5.41) is 22.0. The van der Waals surface area contributed by atoms with E-state index in [0.29, 0.717) is 41.5 Å². The average molecular weight is 441 g/mol. The SMILES string of the molecule is COCCn1c(SCC(=O)N2CCCCC2C)nnc1-c1cc2ccccc2cc1O. The Balaban J connectivity index is 1.60. The monoisotopic (exact) mass is 440 g/mol. The van der Waals surface area contributed by atoms with E-state index in [1.165, 1.54) is 18.2 Å². The van der Waals surface area contributed by atoms with E-state index < -0.39 is 0 Å². The van der Waals surface area contributed by atoms with E-state index in [1.54, 1.807) is 13.2 Å². The largest absolute Gasteiger partial charge is 0.507 e. The molecule has 0 radical (unpaired) electrons. The first-order chi connectivity index (χ1) is 15.1. The number of carbonyl (C=O) groups is 1. The maximum absolute atomic E-state index is 12.8. The van der Waals surface area contributed by atoms with Crippen molar-refractivity contribution in [3.05, 3.63) is 36.4 Å². The molecule has 8 heteroatoms. The summed E-state index contributed by atoms with van der Waals surface area (Å²) in [6.07, 6.45) is 3.31. The van der Waals surface area contributed by atoms with Gasteiger partial charge in [0.1, 0.15) is 5.75 Å². The second kappa shape index (κ2) is 9.70. The predicted octanol–water partition coefficient (Wildman–Crippen LogP) is 3.94. The Hall–Kier alpha value is -2.58. The quantitative estimate of drug-likeness (QED) is 0.561. The van der Waals surface area contributed by atoms with Gasteiger partial charge in [-0.15, -0.1) is 10.2 Å². The molecular formula is C23H28N4O3S. The zero-order valence-electron chi connectivity index (χ0n) is 18.0. The Labute approximate surface area is 186 Å². The third-order valence-electron chi connectivity index (χ3n) is 5.79. The number of aromatic nitrogens is 3. The van der Waals surface area contributed by atoms with Crippen LogP contribution in [0.2, 0.25) is 0 Å². The highest BCUT2D eigenvalue weighted by atomic mass is 32.2. The molecule has 1 amide bonds. The highest BCUT2D eigenvalue weighted by Crippen LogP contribution is 2.34. The maximum atomic E-state index is 12.8. The minimum atomic E-state index is 0.133. The summed E-state index contributed by atoms with van der Waals surface area (Å²) in [5.74, 6) is 1.17. The normalized spacial score (nSPS) is 16.7. The van der Waals surface area contributed by atoms with Gasteiger partial charge in [-0.05, 0) is 49.1 Å². The molecule has 0 saturated carbocycles. The molecule has 2 heterocycles. The number of methoxy groups -OCH3 is 1. The number of benzene rings is 2. The van der Waals surface area contributed by atoms with Gasteiger partial charge in [-0.2, -0.15) is 0 Å². The summed E-state index contributed by atoms with van der Waals surface area (Å²) < 4.78 is 7.19. The number of phenolic OH excluding ortho intramolecular Hbond substituents is 1. The number of hydrogen-bond donors (Lipinski definition) is 1. The van der Waals surface area contributed by atoms with Crippen molar-refractivity contribution in [2.75, 3.05) is 26.0 Å². The van der Waals surface area contributed by atoms with Crippen molar-refractivity contribution in [2.45, 2.75) is 43.9 Å². The molecule has 1 saturated heterocycles. The summed E-state index contributed by atoms with van der Waals surface area (Å²) in [5.41, 5.74) is 0.616. The lowest BCUT2D eigenvalue weighted by atomic mass is 10.0. The highest BCUT2D eigenvalue weighted by molar-refractivity contribution is 7.99. The summed E-state index contributed by atoms with van der Waals surface area (Å²) in [6.45, 7) is 3.95. The zero-order chi connectivity index (χ0) is 21.8. The highest BCUT2D eigenvalue weighted by Gasteiger charge is 2.24. The minimum absolute atomic E-state index is 0.133. The molecule has 3 aromatic rings. The van der Waals surface area contributed by atoms with Crippen LogP contribution in [0.25, 0.3) is 22.2 Å². The second-order valence-corrected chi connectivity index (χ2v) is 8.83. The van der Waals surface area contributed by atoms with Crippen molar-refractivity contribution < 1.29 is 14.6 Å². The van der Waals surface area contributed by atoms with E-state index in [9.17, 15) is 9.90 Å². The van der Waals surface area contributed by atoms with Gasteiger partial charge in [0.05, 0.1) is 24.5 Å². The number of piperidine rings is 1. The van der Waals surface area contributed by atoms with Gasteiger partial charge < -0.3 is 14.7 Å². The molecule has 0 bridgehead atoms. The number of hydrogen-bond acceptors (Lipinski definition) is 6. The van der Waals surface area contributed by atoms with Crippen LogP contribution in [0.1, 0.15) is 26.2 Å². The van der Waals surface area contributed by atoms with Crippen LogP contribution in [0.3, 0.4) is 0 Å². The molecule has 164 valence electrons. The van der Waals surface area contributed by atoms with Crippen molar-refractivity contribution in [1.82, 2.24) is 19.7 Å². The molecule has 1 aliphatic heterocycles. The lowest BCUT2D eigenvalue weighted by molar-refractivity contribution is -0.131. The Morgan fingerprint density at radius 1 is 1.23 bits per heavy atom. The minimum Gasteiger partial charge on any atom is -0.507 e. The molecule has 1 fully saturated rings. The summed E-state index contributed by atoms with van der Waals surface area (Å²) in [4.78, 5) is 14.7. The summed E-state index contributed by atoms with van der Waals surface area (Å²) in [7, 11) is 1.64. The van der Waals surface area contributed by atoms with Crippen LogP contribution in [-0.4, -0.2) is 62.7 Å². The van der Waals surface area contributed by atoms with Gasteiger partial charge in [-0.1, -0.05) is 36.0 Å². The number of ether oxygens (including phenoxy) is 1. The van der Waals surface area contributed by atoms with Gasteiger partial charge in [0.25, 0.3) is 0 Å².